The number of aryl methyl sites for hydroxylation is 1. The molecule has 0 unspecified atom stereocenters. The van der Waals surface area contributed by atoms with Crippen LogP contribution in [0.2, 0.25) is 0 Å². The molecule has 0 atom stereocenters. The maximum atomic E-state index is 11.6. The molecule has 0 aromatic heterocycles. The highest BCUT2D eigenvalue weighted by molar-refractivity contribution is 6.43. The van der Waals surface area contributed by atoms with Crippen LogP contribution in [-0.2, 0) is 16.0 Å². The molecule has 5 nitrogen and oxygen atoms in total. The maximum Gasteiger partial charge on any atom is 0.361 e. The Morgan fingerprint density at radius 1 is 1.30 bits per heavy atom. The van der Waals surface area contributed by atoms with Gasteiger partial charge in [-0.15, -0.1) is 0 Å². The predicted molar refractivity (Wildman–Crippen MR) is 78.3 cm³/mol. The van der Waals surface area contributed by atoms with E-state index in [1.807, 2.05) is 26.2 Å². The molecule has 110 valence electrons. The number of nitrogens with zero attached hydrogens (tertiary/aromatic N) is 2. The van der Waals surface area contributed by atoms with Gasteiger partial charge < -0.3 is 14.8 Å². The first-order chi connectivity index (χ1) is 9.58. The normalized spacial score (nSPS) is 11.7. The zero-order chi connectivity index (χ0) is 15.0. The highest BCUT2D eigenvalue weighted by atomic mass is 16.5. The van der Waals surface area contributed by atoms with Gasteiger partial charge in [-0.1, -0.05) is 29.4 Å². The number of carbonyl (C=O) groups is 1. The van der Waals surface area contributed by atoms with Crippen LogP contribution in [0.3, 0.4) is 0 Å². The molecule has 1 rings (SSSR count). The van der Waals surface area contributed by atoms with Gasteiger partial charge in [0.25, 0.3) is 0 Å². The van der Waals surface area contributed by atoms with E-state index in [1.54, 1.807) is 19.1 Å². The zero-order valence-electron chi connectivity index (χ0n) is 12.3. The van der Waals surface area contributed by atoms with E-state index in [2.05, 4.69) is 10.1 Å². The van der Waals surface area contributed by atoms with Crippen LogP contribution in [-0.4, -0.2) is 49.0 Å². The number of hydrogen-bond acceptors (Lipinski definition) is 5. The summed E-state index contributed by atoms with van der Waals surface area (Å²) in [6, 6.07) is 7.43. The summed E-state index contributed by atoms with van der Waals surface area (Å²) in [5.74, 6) is -0.615. The van der Waals surface area contributed by atoms with Crippen LogP contribution in [0.15, 0.2) is 29.4 Å². The summed E-state index contributed by atoms with van der Waals surface area (Å²) in [7, 11) is 4.10. The zero-order valence-corrected chi connectivity index (χ0v) is 12.3. The highest BCUT2D eigenvalue weighted by Crippen LogP contribution is 2.09. The summed E-state index contributed by atoms with van der Waals surface area (Å²) >= 11 is 0. The van der Waals surface area contributed by atoms with E-state index in [9.17, 15) is 4.79 Å². The van der Waals surface area contributed by atoms with Gasteiger partial charge in [0.1, 0.15) is 0 Å². The van der Waals surface area contributed by atoms with Crippen LogP contribution < -0.4 is 0 Å². The molecule has 20 heavy (non-hydrogen) atoms. The lowest BCUT2D eigenvalue weighted by molar-refractivity contribution is -0.135. The topological polar surface area (TPSA) is 62.1 Å². The van der Waals surface area contributed by atoms with Crippen molar-refractivity contribution in [1.29, 1.82) is 0 Å². The first-order valence-corrected chi connectivity index (χ1v) is 6.71. The van der Waals surface area contributed by atoms with Crippen molar-refractivity contribution in [3.05, 3.63) is 35.4 Å². The van der Waals surface area contributed by atoms with Crippen molar-refractivity contribution in [1.82, 2.24) is 4.90 Å². The molecule has 1 N–H and O–H groups in total. The van der Waals surface area contributed by atoms with E-state index in [-0.39, 0.29) is 12.3 Å². The van der Waals surface area contributed by atoms with Gasteiger partial charge in [-0.2, -0.15) is 0 Å². The molecule has 0 bridgehead atoms. The summed E-state index contributed by atoms with van der Waals surface area (Å²) in [6.07, 6.45) is 2.05. The first-order valence-electron chi connectivity index (χ1n) is 6.71. The van der Waals surface area contributed by atoms with Crippen LogP contribution in [0.5, 0.6) is 0 Å². The molecule has 0 radical (unpaired) electrons. The maximum absolute atomic E-state index is 11.6. The third-order valence-corrected chi connectivity index (χ3v) is 2.87. The van der Waals surface area contributed by atoms with Crippen molar-refractivity contribution in [3.8, 4) is 0 Å². The largest absolute Gasteiger partial charge is 0.461 e. The van der Waals surface area contributed by atoms with E-state index < -0.39 is 5.97 Å². The third kappa shape index (κ3) is 5.01. The van der Waals surface area contributed by atoms with Gasteiger partial charge in [0.2, 0.25) is 0 Å². The summed E-state index contributed by atoms with van der Waals surface area (Å²) < 4.78 is 4.84. The van der Waals surface area contributed by atoms with Crippen LogP contribution in [0, 0.1) is 0 Å². The minimum Gasteiger partial charge on any atom is -0.461 e. The number of hydrogen-bond donors (Lipinski definition) is 1. The van der Waals surface area contributed by atoms with Crippen LogP contribution in [0.4, 0.5) is 0 Å². The minimum atomic E-state index is -0.615. The van der Waals surface area contributed by atoms with Gasteiger partial charge in [-0.25, -0.2) is 4.79 Å². The molecule has 1 aromatic rings. The number of benzene rings is 1. The van der Waals surface area contributed by atoms with Gasteiger partial charge in [0.05, 0.1) is 6.61 Å². The van der Waals surface area contributed by atoms with E-state index in [4.69, 9.17) is 9.94 Å². The standard InChI is InChI=1S/C15H22N2O3/c1-4-20-15(18)14(16-19)13-9-7-12(8-10-13)6-5-11-17(2)3/h7-10,19H,4-6,11H2,1-3H3/b16-14-. The number of oxime groups is 1. The summed E-state index contributed by atoms with van der Waals surface area (Å²) in [6.45, 7) is 3.00. The van der Waals surface area contributed by atoms with Gasteiger partial charge >= 0.3 is 5.97 Å². The lowest BCUT2D eigenvalue weighted by Gasteiger charge is -2.09. The smallest absolute Gasteiger partial charge is 0.361 e. The Balaban J connectivity index is 2.67. The third-order valence-electron chi connectivity index (χ3n) is 2.87. The average Bonchev–Trinajstić information content (AvgIpc) is 2.41. The Morgan fingerprint density at radius 2 is 1.95 bits per heavy atom. The molecule has 0 aliphatic carbocycles. The molecule has 0 fully saturated rings. The average molecular weight is 278 g/mol. The van der Waals surface area contributed by atoms with E-state index in [0.717, 1.165) is 19.4 Å². The molecule has 0 heterocycles. The lowest BCUT2D eigenvalue weighted by Crippen LogP contribution is -2.18. The Hall–Kier alpha value is -1.88. The quantitative estimate of drug-likeness (QED) is 0.358. The minimum absolute atomic E-state index is 0.0632. The van der Waals surface area contributed by atoms with Crippen molar-refractivity contribution in [3.63, 3.8) is 0 Å². The predicted octanol–water partition coefficient (Wildman–Crippen LogP) is 1.92. The van der Waals surface area contributed by atoms with Gasteiger partial charge in [-0.05, 0) is 46.0 Å². The van der Waals surface area contributed by atoms with Crippen molar-refractivity contribution < 1.29 is 14.7 Å². The van der Waals surface area contributed by atoms with E-state index >= 15 is 0 Å². The Kier molecular flexibility index (Phi) is 6.73. The Morgan fingerprint density at radius 3 is 2.45 bits per heavy atom. The second-order valence-electron chi connectivity index (χ2n) is 4.77. The molecule has 0 aliphatic rings. The number of rotatable bonds is 7. The fourth-order valence-electron chi connectivity index (χ4n) is 1.84. The Labute approximate surface area is 119 Å². The van der Waals surface area contributed by atoms with Gasteiger partial charge in [-0.3, -0.25) is 0 Å². The molecule has 0 amide bonds. The first kappa shape index (κ1) is 16.2. The molecular formula is C15H22N2O3. The fourth-order valence-corrected chi connectivity index (χ4v) is 1.84. The van der Waals surface area contributed by atoms with E-state index in [0.29, 0.717) is 5.56 Å². The SMILES string of the molecule is CCOC(=O)/C(=N\O)c1ccc(CCCN(C)C)cc1. The van der Waals surface area contributed by atoms with Crippen molar-refractivity contribution >= 4 is 11.7 Å². The van der Waals surface area contributed by atoms with Crippen molar-refractivity contribution in [2.75, 3.05) is 27.2 Å². The van der Waals surface area contributed by atoms with Crippen LogP contribution in [0.25, 0.3) is 0 Å². The summed E-state index contributed by atoms with van der Waals surface area (Å²) in [4.78, 5) is 13.7. The number of esters is 1. The van der Waals surface area contributed by atoms with E-state index in [1.165, 1.54) is 5.56 Å². The molecule has 0 saturated carbocycles. The monoisotopic (exact) mass is 278 g/mol. The second-order valence-corrected chi connectivity index (χ2v) is 4.77. The summed E-state index contributed by atoms with van der Waals surface area (Å²) in [5.41, 5.74) is 1.69. The molecule has 5 heteroatoms. The molecule has 1 aromatic carbocycles. The highest BCUT2D eigenvalue weighted by Gasteiger charge is 2.15. The molecule has 0 aliphatic heterocycles. The molecular weight excluding hydrogens is 256 g/mol. The molecule has 0 saturated heterocycles. The summed E-state index contributed by atoms with van der Waals surface area (Å²) in [5, 5.41) is 12.0. The Bertz CT molecular complexity index is 453. The van der Waals surface area contributed by atoms with Crippen LogP contribution in [0.1, 0.15) is 24.5 Å². The van der Waals surface area contributed by atoms with Crippen LogP contribution >= 0.6 is 0 Å². The van der Waals surface area contributed by atoms with Gasteiger partial charge in [0.15, 0.2) is 5.71 Å². The fraction of sp³-hybridized carbons (Fsp3) is 0.467. The van der Waals surface area contributed by atoms with Crippen molar-refractivity contribution in [2.45, 2.75) is 19.8 Å². The number of ether oxygens (including phenoxy) is 1. The number of carbonyl (C=O) groups excluding carboxylic acids is 1. The van der Waals surface area contributed by atoms with Crippen molar-refractivity contribution in [2.24, 2.45) is 5.16 Å². The molecule has 0 spiro atoms. The lowest BCUT2D eigenvalue weighted by atomic mass is 10.0. The van der Waals surface area contributed by atoms with Gasteiger partial charge in [0, 0.05) is 5.56 Å². The second kappa shape index (κ2) is 8.32.